The molecule has 3 rings (SSSR count). The van der Waals surface area contributed by atoms with Gasteiger partial charge >= 0.3 is 0 Å². The first-order valence-electron chi connectivity index (χ1n) is 8.37. The van der Waals surface area contributed by atoms with Crippen LogP contribution in [0.5, 0.6) is 5.75 Å². The zero-order valence-corrected chi connectivity index (χ0v) is 14.3. The highest BCUT2D eigenvalue weighted by atomic mass is 35.5. The molecule has 0 radical (unpaired) electrons. The third-order valence-electron chi connectivity index (χ3n) is 4.82. The van der Waals surface area contributed by atoms with Gasteiger partial charge in [-0.25, -0.2) is 0 Å². The SMILES string of the molecule is Nc1cc(O)c(Cl)cc1C(=O)N1CCC[C@@H]1C(=O)N1CCCCC1. The normalized spacial score (nSPS) is 21.1. The number of benzene rings is 1. The topological polar surface area (TPSA) is 86.9 Å². The second-order valence-electron chi connectivity index (χ2n) is 6.43. The molecule has 2 aliphatic rings. The Balaban J connectivity index is 1.81. The van der Waals surface area contributed by atoms with Crippen LogP contribution >= 0.6 is 11.6 Å². The Hall–Kier alpha value is -1.95. The third-order valence-corrected chi connectivity index (χ3v) is 5.12. The van der Waals surface area contributed by atoms with Crippen LogP contribution in [0.3, 0.4) is 0 Å². The standard InChI is InChI=1S/C17H22ClN3O3/c18-12-9-11(13(19)10-15(12)22)16(23)21-8-4-5-14(21)17(24)20-6-2-1-3-7-20/h9-10,14,22H,1-8,19H2/t14-/m1/s1. The van der Waals surface area contributed by atoms with Crippen LogP contribution in [0.2, 0.25) is 5.02 Å². The Labute approximate surface area is 146 Å². The first kappa shape index (κ1) is 16.9. The van der Waals surface area contributed by atoms with Gasteiger partial charge in [0, 0.05) is 31.4 Å². The van der Waals surface area contributed by atoms with Crippen LogP contribution in [0.15, 0.2) is 12.1 Å². The summed E-state index contributed by atoms with van der Waals surface area (Å²) in [4.78, 5) is 29.1. The van der Waals surface area contributed by atoms with Crippen molar-refractivity contribution in [3.8, 4) is 5.75 Å². The van der Waals surface area contributed by atoms with E-state index in [1.54, 1.807) is 4.90 Å². The van der Waals surface area contributed by atoms with Crippen molar-refractivity contribution < 1.29 is 14.7 Å². The molecule has 2 fully saturated rings. The summed E-state index contributed by atoms with van der Waals surface area (Å²) in [5.74, 6) is -0.431. The van der Waals surface area contributed by atoms with Crippen molar-refractivity contribution >= 4 is 29.1 Å². The molecule has 1 aromatic carbocycles. The van der Waals surface area contributed by atoms with Gasteiger partial charge in [0.1, 0.15) is 11.8 Å². The lowest BCUT2D eigenvalue weighted by Gasteiger charge is -2.32. The van der Waals surface area contributed by atoms with Gasteiger partial charge in [0.2, 0.25) is 5.91 Å². The lowest BCUT2D eigenvalue weighted by molar-refractivity contribution is -0.136. The average Bonchev–Trinajstić information content (AvgIpc) is 3.07. The van der Waals surface area contributed by atoms with E-state index in [0.29, 0.717) is 13.0 Å². The van der Waals surface area contributed by atoms with Gasteiger partial charge in [0.05, 0.1) is 10.6 Å². The molecule has 0 spiro atoms. The van der Waals surface area contributed by atoms with Crippen molar-refractivity contribution in [3.63, 3.8) is 0 Å². The molecule has 0 unspecified atom stereocenters. The maximum absolute atomic E-state index is 12.9. The minimum absolute atomic E-state index is 0.0315. The lowest BCUT2D eigenvalue weighted by atomic mass is 10.1. The molecule has 1 atom stereocenters. The van der Waals surface area contributed by atoms with E-state index in [-0.39, 0.29) is 33.8 Å². The van der Waals surface area contributed by atoms with Gasteiger partial charge in [-0.1, -0.05) is 11.6 Å². The molecule has 2 saturated heterocycles. The molecule has 0 aliphatic carbocycles. The number of carbonyl (C=O) groups excluding carboxylic acids is 2. The molecule has 3 N–H and O–H groups in total. The van der Waals surface area contributed by atoms with E-state index in [9.17, 15) is 14.7 Å². The van der Waals surface area contributed by atoms with Gasteiger partial charge in [-0.15, -0.1) is 0 Å². The van der Waals surface area contributed by atoms with E-state index in [2.05, 4.69) is 0 Å². The van der Waals surface area contributed by atoms with Crippen LogP contribution in [-0.2, 0) is 4.79 Å². The van der Waals surface area contributed by atoms with E-state index in [1.807, 2.05) is 4.90 Å². The van der Waals surface area contributed by atoms with Crippen molar-refractivity contribution in [2.45, 2.75) is 38.1 Å². The van der Waals surface area contributed by atoms with Crippen LogP contribution in [0.1, 0.15) is 42.5 Å². The first-order valence-corrected chi connectivity index (χ1v) is 8.74. The number of piperidine rings is 1. The summed E-state index contributed by atoms with van der Waals surface area (Å²) in [5, 5.41) is 9.66. The monoisotopic (exact) mass is 351 g/mol. The summed E-state index contributed by atoms with van der Waals surface area (Å²) in [6, 6.07) is 2.21. The molecule has 7 heteroatoms. The number of nitrogens with zero attached hydrogens (tertiary/aromatic N) is 2. The van der Waals surface area contributed by atoms with Gasteiger partial charge in [0.15, 0.2) is 0 Å². The van der Waals surface area contributed by atoms with Gasteiger partial charge < -0.3 is 20.6 Å². The number of carbonyl (C=O) groups is 2. The predicted octanol–water partition coefficient (Wildman–Crippen LogP) is 2.24. The third kappa shape index (κ3) is 3.15. The molecule has 0 saturated carbocycles. The number of rotatable bonds is 2. The summed E-state index contributed by atoms with van der Waals surface area (Å²) in [7, 11) is 0. The molecule has 0 bridgehead atoms. The maximum atomic E-state index is 12.9. The lowest BCUT2D eigenvalue weighted by Crippen LogP contribution is -2.49. The Kier molecular flexibility index (Phi) is 4.85. The predicted molar refractivity (Wildman–Crippen MR) is 92.0 cm³/mol. The molecule has 1 aromatic rings. The van der Waals surface area contributed by atoms with Crippen LogP contribution in [-0.4, -0.2) is 52.4 Å². The highest BCUT2D eigenvalue weighted by Crippen LogP contribution is 2.31. The van der Waals surface area contributed by atoms with E-state index in [0.717, 1.165) is 38.8 Å². The van der Waals surface area contributed by atoms with E-state index >= 15 is 0 Å². The molecular weight excluding hydrogens is 330 g/mol. The number of phenols is 1. The van der Waals surface area contributed by atoms with Gasteiger partial charge in [-0.05, 0) is 38.2 Å². The Morgan fingerprint density at radius 3 is 2.54 bits per heavy atom. The fourth-order valence-electron chi connectivity index (χ4n) is 3.51. The number of nitrogen functional groups attached to an aromatic ring is 1. The Bertz CT molecular complexity index is 659. The Morgan fingerprint density at radius 1 is 1.12 bits per heavy atom. The van der Waals surface area contributed by atoms with E-state index < -0.39 is 6.04 Å². The maximum Gasteiger partial charge on any atom is 0.256 e. The van der Waals surface area contributed by atoms with Crippen molar-refractivity contribution in [1.82, 2.24) is 9.80 Å². The number of halogens is 1. The zero-order chi connectivity index (χ0) is 17.3. The second kappa shape index (κ2) is 6.89. The van der Waals surface area contributed by atoms with Gasteiger partial charge in [0.25, 0.3) is 5.91 Å². The number of amides is 2. The second-order valence-corrected chi connectivity index (χ2v) is 6.84. The van der Waals surface area contributed by atoms with E-state index in [4.69, 9.17) is 17.3 Å². The summed E-state index contributed by atoms with van der Waals surface area (Å²) in [6.07, 6.45) is 4.66. The average molecular weight is 352 g/mol. The van der Waals surface area contributed by atoms with Crippen molar-refractivity contribution in [3.05, 3.63) is 22.7 Å². The molecule has 2 heterocycles. The summed E-state index contributed by atoms with van der Waals surface area (Å²) in [6.45, 7) is 2.07. The molecular formula is C17H22ClN3O3. The number of hydrogen-bond acceptors (Lipinski definition) is 4. The van der Waals surface area contributed by atoms with Crippen molar-refractivity contribution in [2.75, 3.05) is 25.4 Å². The van der Waals surface area contributed by atoms with Crippen LogP contribution in [0, 0.1) is 0 Å². The number of anilines is 1. The van der Waals surface area contributed by atoms with Crippen LogP contribution in [0.4, 0.5) is 5.69 Å². The van der Waals surface area contributed by atoms with Gasteiger partial charge in [-0.3, -0.25) is 9.59 Å². The number of likely N-dealkylation sites (tertiary alicyclic amines) is 2. The van der Waals surface area contributed by atoms with Crippen LogP contribution in [0.25, 0.3) is 0 Å². The largest absolute Gasteiger partial charge is 0.506 e. The van der Waals surface area contributed by atoms with Crippen molar-refractivity contribution in [1.29, 1.82) is 0 Å². The minimum atomic E-state index is -0.428. The molecule has 6 nitrogen and oxygen atoms in total. The summed E-state index contributed by atoms with van der Waals surface area (Å²) in [5.41, 5.74) is 6.26. The van der Waals surface area contributed by atoms with Crippen LogP contribution < -0.4 is 5.73 Å². The number of aromatic hydroxyl groups is 1. The number of hydrogen-bond donors (Lipinski definition) is 2. The fraction of sp³-hybridized carbons (Fsp3) is 0.529. The van der Waals surface area contributed by atoms with Crippen molar-refractivity contribution in [2.24, 2.45) is 0 Å². The zero-order valence-electron chi connectivity index (χ0n) is 13.5. The quantitative estimate of drug-likeness (QED) is 0.800. The Morgan fingerprint density at radius 2 is 1.83 bits per heavy atom. The highest BCUT2D eigenvalue weighted by molar-refractivity contribution is 6.32. The molecule has 130 valence electrons. The molecule has 0 aromatic heterocycles. The fourth-order valence-corrected chi connectivity index (χ4v) is 3.67. The first-order chi connectivity index (χ1) is 11.5. The number of nitrogens with two attached hydrogens (primary N) is 1. The molecule has 2 amide bonds. The van der Waals surface area contributed by atoms with Gasteiger partial charge in [-0.2, -0.15) is 0 Å². The highest BCUT2D eigenvalue weighted by Gasteiger charge is 2.37. The van der Waals surface area contributed by atoms with E-state index in [1.165, 1.54) is 12.1 Å². The molecule has 24 heavy (non-hydrogen) atoms. The minimum Gasteiger partial charge on any atom is -0.506 e. The smallest absolute Gasteiger partial charge is 0.256 e. The number of phenolic OH excluding ortho intramolecular Hbond substituents is 1. The molecule has 2 aliphatic heterocycles. The summed E-state index contributed by atoms with van der Waals surface area (Å²) >= 11 is 5.91. The summed E-state index contributed by atoms with van der Waals surface area (Å²) < 4.78 is 0.